The summed E-state index contributed by atoms with van der Waals surface area (Å²) < 4.78 is 7.87. The lowest BCUT2D eigenvalue weighted by molar-refractivity contribution is -0.124. The van der Waals surface area contributed by atoms with Gasteiger partial charge in [-0.3, -0.25) is 4.79 Å². The van der Waals surface area contributed by atoms with Crippen LogP contribution in [-0.4, -0.2) is 28.7 Å². The van der Waals surface area contributed by atoms with Crippen LogP contribution >= 0.6 is 0 Å². The third-order valence-electron chi connectivity index (χ3n) is 4.89. The summed E-state index contributed by atoms with van der Waals surface area (Å²) in [6.45, 7) is 4.91. The quantitative estimate of drug-likeness (QED) is 0.912. The molecule has 1 saturated heterocycles. The molecule has 0 bridgehead atoms. The Hall–Kier alpha value is -1.81. The number of aromatic nitrogens is 1. The van der Waals surface area contributed by atoms with Gasteiger partial charge in [-0.05, 0) is 51.2 Å². The fourth-order valence-electron chi connectivity index (χ4n) is 3.72. The van der Waals surface area contributed by atoms with Crippen molar-refractivity contribution in [2.24, 2.45) is 7.05 Å². The van der Waals surface area contributed by atoms with Crippen LogP contribution in [0, 0.1) is 0 Å². The number of hydrogen-bond acceptors (Lipinski definition) is 2. The molecule has 2 aromatic rings. The number of rotatable bonds is 5. The molecule has 1 N–H and O–H groups in total. The number of amides is 1. The van der Waals surface area contributed by atoms with Gasteiger partial charge in [0.2, 0.25) is 5.91 Å². The molecule has 1 aromatic carbocycles. The Morgan fingerprint density at radius 3 is 2.96 bits per heavy atom. The zero-order chi connectivity index (χ0) is 17.2. The summed E-state index contributed by atoms with van der Waals surface area (Å²) in [4.78, 5) is 12.2. The van der Waals surface area contributed by atoms with Gasteiger partial charge >= 0.3 is 0 Å². The fraction of sp³-hybridized carbons (Fsp3) is 0.550. The molecule has 24 heavy (non-hydrogen) atoms. The molecule has 4 nitrogen and oxygen atoms in total. The second-order valence-electron chi connectivity index (χ2n) is 7.50. The molecule has 1 amide bonds. The third kappa shape index (κ3) is 3.99. The number of aryl methyl sites for hydroxylation is 2. The summed E-state index contributed by atoms with van der Waals surface area (Å²) in [6, 6.07) is 8.69. The van der Waals surface area contributed by atoms with Gasteiger partial charge in [0, 0.05) is 43.2 Å². The summed E-state index contributed by atoms with van der Waals surface area (Å²) in [6.07, 6.45) is 6.39. The van der Waals surface area contributed by atoms with E-state index in [1.165, 1.54) is 16.5 Å². The van der Waals surface area contributed by atoms with Crippen molar-refractivity contribution >= 4 is 16.8 Å². The topological polar surface area (TPSA) is 43.3 Å². The van der Waals surface area contributed by atoms with E-state index in [1.807, 2.05) is 0 Å². The van der Waals surface area contributed by atoms with Crippen LogP contribution in [0.2, 0.25) is 0 Å². The number of ether oxygens (including phenoxy) is 1. The molecule has 0 saturated carbocycles. The van der Waals surface area contributed by atoms with E-state index in [0.29, 0.717) is 6.42 Å². The van der Waals surface area contributed by atoms with Gasteiger partial charge in [-0.2, -0.15) is 0 Å². The molecule has 2 heterocycles. The molecule has 4 heteroatoms. The number of nitrogens with one attached hydrogen (secondary N) is 1. The lowest BCUT2D eigenvalue weighted by Gasteiger charge is -2.35. The maximum atomic E-state index is 12.2. The molecule has 1 fully saturated rings. The van der Waals surface area contributed by atoms with Crippen molar-refractivity contribution in [2.45, 2.75) is 57.6 Å². The fourth-order valence-corrected chi connectivity index (χ4v) is 3.72. The van der Waals surface area contributed by atoms with Crippen LogP contribution in [0.4, 0.5) is 0 Å². The maximum Gasteiger partial charge on any atom is 0.220 e. The molecular weight excluding hydrogens is 300 g/mol. The highest BCUT2D eigenvalue weighted by atomic mass is 16.5. The van der Waals surface area contributed by atoms with Crippen molar-refractivity contribution in [3.05, 3.63) is 36.0 Å². The summed E-state index contributed by atoms with van der Waals surface area (Å²) in [5, 5.41) is 4.48. The Balaban J connectivity index is 1.50. The van der Waals surface area contributed by atoms with Crippen LogP contribution in [0.25, 0.3) is 10.9 Å². The van der Waals surface area contributed by atoms with Crippen molar-refractivity contribution < 1.29 is 9.53 Å². The van der Waals surface area contributed by atoms with Crippen molar-refractivity contribution in [3.63, 3.8) is 0 Å². The van der Waals surface area contributed by atoms with E-state index in [-0.39, 0.29) is 17.6 Å². The van der Waals surface area contributed by atoms with Crippen molar-refractivity contribution in [2.75, 3.05) is 6.61 Å². The second-order valence-corrected chi connectivity index (χ2v) is 7.50. The van der Waals surface area contributed by atoms with Crippen molar-refractivity contribution in [3.8, 4) is 0 Å². The minimum Gasteiger partial charge on any atom is -0.375 e. The predicted molar refractivity (Wildman–Crippen MR) is 97.1 cm³/mol. The third-order valence-corrected chi connectivity index (χ3v) is 4.89. The lowest BCUT2D eigenvalue weighted by Crippen LogP contribution is -2.45. The summed E-state index contributed by atoms with van der Waals surface area (Å²) in [7, 11) is 2.07. The SMILES string of the molecule is Cn1cc(CCCC(=O)NC2CCOC(C)(C)C2)c2ccccc21. The van der Waals surface area contributed by atoms with Gasteiger partial charge in [0.15, 0.2) is 0 Å². The van der Waals surface area contributed by atoms with Crippen LogP contribution < -0.4 is 5.32 Å². The highest BCUT2D eigenvalue weighted by Crippen LogP contribution is 2.24. The molecule has 0 radical (unpaired) electrons. The highest BCUT2D eigenvalue weighted by Gasteiger charge is 2.29. The van der Waals surface area contributed by atoms with E-state index in [1.54, 1.807) is 0 Å². The first-order valence-electron chi connectivity index (χ1n) is 8.91. The van der Waals surface area contributed by atoms with Crippen LogP contribution in [0.3, 0.4) is 0 Å². The van der Waals surface area contributed by atoms with Gasteiger partial charge in [0.25, 0.3) is 0 Å². The first-order valence-corrected chi connectivity index (χ1v) is 8.91. The average molecular weight is 328 g/mol. The van der Waals surface area contributed by atoms with E-state index < -0.39 is 0 Å². The number of hydrogen-bond donors (Lipinski definition) is 1. The zero-order valence-corrected chi connectivity index (χ0v) is 15.0. The number of fused-ring (bicyclic) bond motifs is 1. The molecule has 1 unspecified atom stereocenters. The first kappa shape index (κ1) is 17.0. The average Bonchev–Trinajstić information content (AvgIpc) is 2.83. The van der Waals surface area contributed by atoms with Gasteiger partial charge < -0.3 is 14.6 Å². The van der Waals surface area contributed by atoms with E-state index in [9.17, 15) is 4.79 Å². The standard InChI is InChI=1S/C20H28N2O2/c1-20(2)13-16(11-12-24-20)21-19(23)10-6-7-15-14-22(3)18-9-5-4-8-17(15)18/h4-5,8-9,14,16H,6-7,10-13H2,1-3H3,(H,21,23). The molecule has 130 valence electrons. The molecule has 0 aliphatic carbocycles. The molecule has 1 atom stereocenters. The normalized spacial score (nSPS) is 20.2. The zero-order valence-electron chi connectivity index (χ0n) is 15.0. The Morgan fingerprint density at radius 1 is 1.38 bits per heavy atom. The summed E-state index contributed by atoms with van der Waals surface area (Å²) in [5.74, 6) is 0.165. The Bertz CT molecular complexity index is 717. The molecule has 1 aliphatic rings. The number of carbonyl (C=O) groups excluding carboxylic acids is 1. The van der Waals surface area contributed by atoms with Crippen LogP contribution in [0.1, 0.15) is 45.1 Å². The van der Waals surface area contributed by atoms with Crippen molar-refractivity contribution in [1.82, 2.24) is 9.88 Å². The summed E-state index contributed by atoms with van der Waals surface area (Å²) >= 11 is 0. The van der Waals surface area contributed by atoms with Crippen molar-refractivity contribution in [1.29, 1.82) is 0 Å². The minimum absolute atomic E-state index is 0.126. The van der Waals surface area contributed by atoms with Crippen LogP contribution in [0.15, 0.2) is 30.5 Å². The second kappa shape index (κ2) is 6.98. The molecule has 1 aliphatic heterocycles. The molecule has 1 aromatic heterocycles. The largest absolute Gasteiger partial charge is 0.375 e. The van der Waals surface area contributed by atoms with E-state index in [0.717, 1.165) is 32.3 Å². The first-order chi connectivity index (χ1) is 11.4. The number of benzene rings is 1. The van der Waals surface area contributed by atoms with Crippen LogP contribution in [-0.2, 0) is 23.0 Å². The molecule has 0 spiro atoms. The highest BCUT2D eigenvalue weighted by molar-refractivity contribution is 5.84. The summed E-state index contributed by atoms with van der Waals surface area (Å²) in [5.41, 5.74) is 2.45. The Labute approximate surface area is 144 Å². The number of nitrogens with zero attached hydrogens (tertiary/aromatic N) is 1. The van der Waals surface area contributed by atoms with Gasteiger partial charge in [-0.1, -0.05) is 18.2 Å². The molecular formula is C20H28N2O2. The van der Waals surface area contributed by atoms with E-state index in [2.05, 4.69) is 61.2 Å². The van der Waals surface area contributed by atoms with Crippen LogP contribution in [0.5, 0.6) is 0 Å². The smallest absolute Gasteiger partial charge is 0.220 e. The number of carbonyl (C=O) groups is 1. The Kier molecular flexibility index (Phi) is 4.95. The Morgan fingerprint density at radius 2 is 2.17 bits per heavy atom. The van der Waals surface area contributed by atoms with Gasteiger partial charge in [-0.15, -0.1) is 0 Å². The minimum atomic E-state index is -0.126. The lowest BCUT2D eigenvalue weighted by atomic mass is 9.94. The van der Waals surface area contributed by atoms with Gasteiger partial charge in [-0.25, -0.2) is 0 Å². The predicted octanol–water partition coefficient (Wildman–Crippen LogP) is 3.57. The van der Waals surface area contributed by atoms with E-state index >= 15 is 0 Å². The molecule has 3 rings (SSSR count). The monoisotopic (exact) mass is 328 g/mol. The van der Waals surface area contributed by atoms with Gasteiger partial charge in [0.05, 0.1) is 5.60 Å². The maximum absolute atomic E-state index is 12.2. The van der Waals surface area contributed by atoms with Gasteiger partial charge in [0.1, 0.15) is 0 Å². The number of para-hydroxylation sites is 1. The van der Waals surface area contributed by atoms with E-state index in [4.69, 9.17) is 4.74 Å².